The molecule has 3 rings (SSSR count). The highest BCUT2D eigenvalue weighted by Gasteiger charge is 2.34. The summed E-state index contributed by atoms with van der Waals surface area (Å²) in [4.78, 5) is 14.7. The Balaban J connectivity index is 1.70. The standard InChI is InChI=1S/C16H22N2OS/c1-16(2)11-18(7-8-20-16)15(19)14-9-12-5-3-4-6-13(12)10-17-14/h3-6,14,17H,7-11H2,1-2H3/t14-/m0/s1. The SMILES string of the molecule is CC1(C)CN(C(=O)[C@@H]2Cc3ccccc3CN2)CCS1. The van der Waals surface area contributed by atoms with Gasteiger partial charge in [0.25, 0.3) is 0 Å². The zero-order valence-electron chi connectivity index (χ0n) is 12.2. The Kier molecular flexibility index (Phi) is 3.78. The molecule has 3 nitrogen and oxygen atoms in total. The maximum atomic E-state index is 12.7. The highest BCUT2D eigenvalue weighted by molar-refractivity contribution is 8.00. The van der Waals surface area contributed by atoms with Crippen molar-refractivity contribution in [1.29, 1.82) is 0 Å². The van der Waals surface area contributed by atoms with Crippen molar-refractivity contribution in [2.24, 2.45) is 0 Å². The fourth-order valence-electron chi connectivity index (χ4n) is 3.05. The monoisotopic (exact) mass is 290 g/mol. The first kappa shape index (κ1) is 14.0. The van der Waals surface area contributed by atoms with Gasteiger partial charge >= 0.3 is 0 Å². The summed E-state index contributed by atoms with van der Waals surface area (Å²) in [5.41, 5.74) is 2.64. The second-order valence-electron chi connectivity index (χ2n) is 6.27. The molecule has 0 saturated carbocycles. The predicted molar refractivity (Wildman–Crippen MR) is 83.9 cm³/mol. The molecule has 1 aromatic rings. The molecule has 0 bridgehead atoms. The van der Waals surface area contributed by atoms with Crippen LogP contribution in [0.1, 0.15) is 25.0 Å². The molecule has 1 fully saturated rings. The molecule has 0 unspecified atom stereocenters. The fraction of sp³-hybridized carbons (Fsp3) is 0.562. The molecule has 1 atom stereocenters. The lowest BCUT2D eigenvalue weighted by molar-refractivity contribution is -0.133. The number of thioether (sulfide) groups is 1. The molecule has 0 aliphatic carbocycles. The third-order valence-corrected chi connectivity index (χ3v) is 5.41. The first-order chi connectivity index (χ1) is 9.55. The maximum absolute atomic E-state index is 12.7. The van der Waals surface area contributed by atoms with Gasteiger partial charge in [-0.25, -0.2) is 0 Å². The van der Waals surface area contributed by atoms with Gasteiger partial charge in [0.05, 0.1) is 6.04 Å². The van der Waals surface area contributed by atoms with Crippen LogP contribution in [0.5, 0.6) is 0 Å². The van der Waals surface area contributed by atoms with Crippen LogP contribution >= 0.6 is 11.8 Å². The molecule has 20 heavy (non-hydrogen) atoms. The number of fused-ring (bicyclic) bond motifs is 1. The van der Waals surface area contributed by atoms with Crippen LogP contribution in [0.25, 0.3) is 0 Å². The summed E-state index contributed by atoms with van der Waals surface area (Å²) < 4.78 is 0.181. The van der Waals surface area contributed by atoms with Crippen molar-refractivity contribution in [2.45, 2.75) is 37.6 Å². The van der Waals surface area contributed by atoms with Crippen molar-refractivity contribution in [1.82, 2.24) is 10.2 Å². The van der Waals surface area contributed by atoms with E-state index in [1.54, 1.807) is 0 Å². The van der Waals surface area contributed by atoms with Crippen molar-refractivity contribution >= 4 is 17.7 Å². The summed E-state index contributed by atoms with van der Waals surface area (Å²) >= 11 is 1.96. The average Bonchev–Trinajstić information content (AvgIpc) is 2.45. The molecular formula is C16H22N2OS. The van der Waals surface area contributed by atoms with Gasteiger partial charge in [0.1, 0.15) is 0 Å². The van der Waals surface area contributed by atoms with Gasteiger partial charge < -0.3 is 10.2 Å². The predicted octanol–water partition coefficient (Wildman–Crippen LogP) is 2.05. The van der Waals surface area contributed by atoms with Gasteiger partial charge in [-0.15, -0.1) is 0 Å². The first-order valence-corrected chi connectivity index (χ1v) is 8.27. The molecule has 2 aliphatic rings. The van der Waals surface area contributed by atoms with E-state index in [1.807, 2.05) is 16.7 Å². The second-order valence-corrected chi connectivity index (χ2v) is 8.08. The van der Waals surface area contributed by atoms with Crippen molar-refractivity contribution in [3.05, 3.63) is 35.4 Å². The van der Waals surface area contributed by atoms with Crippen LogP contribution in [-0.4, -0.2) is 40.4 Å². The summed E-state index contributed by atoms with van der Waals surface area (Å²) in [7, 11) is 0. The van der Waals surface area contributed by atoms with Crippen molar-refractivity contribution < 1.29 is 4.79 Å². The normalized spacial score (nSPS) is 25.1. The smallest absolute Gasteiger partial charge is 0.240 e. The summed E-state index contributed by atoms with van der Waals surface area (Å²) in [6, 6.07) is 8.36. The zero-order valence-corrected chi connectivity index (χ0v) is 13.0. The van der Waals surface area contributed by atoms with Gasteiger partial charge in [-0.1, -0.05) is 24.3 Å². The summed E-state index contributed by atoms with van der Waals surface area (Å²) in [5, 5.41) is 3.40. The van der Waals surface area contributed by atoms with Crippen LogP contribution < -0.4 is 5.32 Å². The van der Waals surface area contributed by atoms with Gasteiger partial charge in [0.2, 0.25) is 5.91 Å². The number of carbonyl (C=O) groups is 1. The topological polar surface area (TPSA) is 32.3 Å². The van der Waals surface area contributed by atoms with E-state index in [1.165, 1.54) is 11.1 Å². The van der Waals surface area contributed by atoms with Crippen LogP contribution in [0.15, 0.2) is 24.3 Å². The number of rotatable bonds is 1. The Bertz CT molecular complexity index is 515. The number of hydrogen-bond acceptors (Lipinski definition) is 3. The lowest BCUT2D eigenvalue weighted by Crippen LogP contribution is -2.54. The van der Waals surface area contributed by atoms with Gasteiger partial charge in [-0.3, -0.25) is 4.79 Å². The largest absolute Gasteiger partial charge is 0.339 e. The van der Waals surface area contributed by atoms with E-state index >= 15 is 0 Å². The minimum Gasteiger partial charge on any atom is -0.339 e. The summed E-state index contributed by atoms with van der Waals surface area (Å²) in [5.74, 6) is 1.31. The van der Waals surface area contributed by atoms with E-state index in [9.17, 15) is 4.79 Å². The van der Waals surface area contributed by atoms with Crippen LogP contribution in [-0.2, 0) is 17.8 Å². The first-order valence-electron chi connectivity index (χ1n) is 7.28. The molecule has 1 aromatic carbocycles. The molecule has 0 aromatic heterocycles. The van der Waals surface area contributed by atoms with Crippen LogP contribution in [0.3, 0.4) is 0 Å². The number of nitrogens with zero attached hydrogens (tertiary/aromatic N) is 1. The average molecular weight is 290 g/mol. The van der Waals surface area contributed by atoms with Crippen LogP contribution in [0.2, 0.25) is 0 Å². The van der Waals surface area contributed by atoms with Crippen molar-refractivity contribution in [3.8, 4) is 0 Å². The number of benzene rings is 1. The van der Waals surface area contributed by atoms with Gasteiger partial charge in [-0.05, 0) is 31.4 Å². The van der Waals surface area contributed by atoms with Gasteiger partial charge in [-0.2, -0.15) is 11.8 Å². The summed E-state index contributed by atoms with van der Waals surface area (Å²) in [6.07, 6.45) is 0.819. The van der Waals surface area contributed by atoms with Crippen LogP contribution in [0, 0.1) is 0 Å². The van der Waals surface area contributed by atoms with Gasteiger partial charge in [0, 0.05) is 30.1 Å². The fourth-order valence-corrected chi connectivity index (χ4v) is 4.17. The van der Waals surface area contributed by atoms with E-state index < -0.39 is 0 Å². The highest BCUT2D eigenvalue weighted by atomic mass is 32.2. The second kappa shape index (κ2) is 5.41. The molecule has 1 saturated heterocycles. The molecule has 2 aliphatic heterocycles. The molecule has 0 radical (unpaired) electrons. The Labute approximate surface area is 125 Å². The van der Waals surface area contributed by atoms with E-state index in [0.717, 1.165) is 31.8 Å². The quantitative estimate of drug-likeness (QED) is 0.859. The van der Waals surface area contributed by atoms with Crippen LogP contribution in [0.4, 0.5) is 0 Å². The Morgan fingerprint density at radius 2 is 2.10 bits per heavy atom. The molecule has 1 amide bonds. The minimum atomic E-state index is -0.0520. The van der Waals surface area contributed by atoms with E-state index in [-0.39, 0.29) is 16.7 Å². The molecule has 108 valence electrons. The minimum absolute atomic E-state index is 0.0520. The molecule has 2 heterocycles. The highest BCUT2D eigenvalue weighted by Crippen LogP contribution is 2.30. The number of carbonyl (C=O) groups excluding carboxylic acids is 1. The third-order valence-electron chi connectivity index (χ3n) is 4.12. The Hall–Kier alpha value is -1.00. The van der Waals surface area contributed by atoms with E-state index in [4.69, 9.17) is 0 Å². The van der Waals surface area contributed by atoms with E-state index in [2.05, 4.69) is 43.4 Å². The lowest BCUT2D eigenvalue weighted by Gasteiger charge is -2.40. The Morgan fingerprint density at radius 3 is 2.85 bits per heavy atom. The molecular weight excluding hydrogens is 268 g/mol. The molecule has 0 spiro atoms. The number of nitrogens with one attached hydrogen (secondary N) is 1. The third kappa shape index (κ3) is 2.86. The lowest BCUT2D eigenvalue weighted by atomic mass is 9.95. The molecule has 4 heteroatoms. The Morgan fingerprint density at radius 1 is 1.35 bits per heavy atom. The number of amides is 1. The summed E-state index contributed by atoms with van der Waals surface area (Å²) in [6.45, 7) is 6.99. The van der Waals surface area contributed by atoms with E-state index in [0.29, 0.717) is 0 Å². The number of hydrogen-bond donors (Lipinski definition) is 1. The van der Waals surface area contributed by atoms with Gasteiger partial charge in [0.15, 0.2) is 0 Å². The zero-order chi connectivity index (χ0) is 14.2. The molecule has 1 N–H and O–H groups in total. The van der Waals surface area contributed by atoms with Crippen molar-refractivity contribution in [3.63, 3.8) is 0 Å². The van der Waals surface area contributed by atoms with Crippen molar-refractivity contribution in [2.75, 3.05) is 18.8 Å². The maximum Gasteiger partial charge on any atom is 0.240 e.